The van der Waals surface area contributed by atoms with Crippen LogP contribution in [0.4, 0.5) is 13.2 Å². The lowest BCUT2D eigenvalue weighted by Gasteiger charge is -2.32. The molecule has 0 unspecified atom stereocenters. The molecule has 1 aromatic heterocycles. The molecule has 0 aliphatic carbocycles. The topological polar surface area (TPSA) is 48.4 Å². The Labute approximate surface area is 155 Å². The summed E-state index contributed by atoms with van der Waals surface area (Å²) >= 11 is 0. The quantitative estimate of drug-likeness (QED) is 0.606. The Kier molecular flexibility index (Phi) is 4.68. The van der Waals surface area contributed by atoms with Gasteiger partial charge < -0.3 is 9.31 Å². The van der Waals surface area contributed by atoms with Gasteiger partial charge in [0.05, 0.1) is 16.8 Å². The van der Waals surface area contributed by atoms with Crippen LogP contribution in [0.2, 0.25) is 0 Å². The van der Waals surface area contributed by atoms with Crippen molar-refractivity contribution in [1.29, 1.82) is 0 Å². The van der Waals surface area contributed by atoms with Crippen molar-refractivity contribution in [2.24, 2.45) is 0 Å². The molecule has 1 aliphatic heterocycles. The van der Waals surface area contributed by atoms with Crippen molar-refractivity contribution >= 4 is 18.4 Å². The normalized spacial score (nSPS) is 18.6. The molecule has 4 nitrogen and oxygen atoms in total. The summed E-state index contributed by atoms with van der Waals surface area (Å²) in [4.78, 5) is 16.1. The molecule has 0 spiro atoms. The van der Waals surface area contributed by atoms with E-state index < -0.39 is 35.8 Å². The highest BCUT2D eigenvalue weighted by atomic mass is 19.4. The number of hydrogen-bond donors (Lipinski definition) is 0. The van der Waals surface area contributed by atoms with Gasteiger partial charge in [0.25, 0.3) is 0 Å². The van der Waals surface area contributed by atoms with Crippen LogP contribution >= 0.6 is 0 Å². The largest absolute Gasteiger partial charge is 0.494 e. The summed E-state index contributed by atoms with van der Waals surface area (Å²) in [6.45, 7) is 7.78. The maximum atomic E-state index is 12.6. The number of carbonyl (C=O) groups is 1. The number of halogens is 3. The van der Waals surface area contributed by atoms with Gasteiger partial charge in [0.1, 0.15) is 5.69 Å². The number of benzene rings is 1. The number of ketones is 1. The summed E-state index contributed by atoms with van der Waals surface area (Å²) in [7, 11) is -0.552. The first kappa shape index (κ1) is 19.6. The van der Waals surface area contributed by atoms with Gasteiger partial charge in [-0.1, -0.05) is 24.3 Å². The number of hydrogen-bond acceptors (Lipinski definition) is 4. The van der Waals surface area contributed by atoms with Crippen LogP contribution in [0.3, 0.4) is 0 Å². The second kappa shape index (κ2) is 6.46. The van der Waals surface area contributed by atoms with Crippen molar-refractivity contribution in [1.82, 2.24) is 4.98 Å². The molecule has 0 N–H and O–H groups in total. The van der Waals surface area contributed by atoms with Crippen LogP contribution in [0.1, 0.15) is 49.3 Å². The average molecular weight is 377 g/mol. The minimum atomic E-state index is -4.49. The minimum Gasteiger partial charge on any atom is -0.399 e. The van der Waals surface area contributed by atoms with E-state index in [4.69, 9.17) is 9.31 Å². The summed E-state index contributed by atoms with van der Waals surface area (Å²) in [5, 5.41) is 0. The van der Waals surface area contributed by atoms with Gasteiger partial charge in [-0.25, -0.2) is 0 Å². The minimum absolute atomic E-state index is 0.0496. The number of alkyl halides is 3. The molecule has 0 bridgehead atoms. The number of aromatic nitrogens is 1. The van der Waals surface area contributed by atoms with Gasteiger partial charge in [-0.2, -0.15) is 13.2 Å². The molecule has 0 atom stereocenters. The van der Waals surface area contributed by atoms with Crippen molar-refractivity contribution in [2.45, 2.75) is 45.1 Å². The molecule has 0 radical (unpaired) electrons. The zero-order valence-electron chi connectivity index (χ0n) is 15.4. The predicted molar refractivity (Wildman–Crippen MR) is 94.8 cm³/mol. The third-order valence-electron chi connectivity index (χ3n) is 5.02. The average Bonchev–Trinajstić information content (AvgIpc) is 2.81. The van der Waals surface area contributed by atoms with Crippen LogP contribution < -0.4 is 5.46 Å². The Morgan fingerprint density at radius 2 is 1.52 bits per heavy atom. The van der Waals surface area contributed by atoms with Crippen molar-refractivity contribution in [3.05, 3.63) is 59.4 Å². The molecule has 0 amide bonds. The molecular weight excluding hydrogens is 358 g/mol. The lowest BCUT2D eigenvalue weighted by Crippen LogP contribution is -2.41. The Bertz CT molecular complexity index is 830. The highest BCUT2D eigenvalue weighted by Gasteiger charge is 2.51. The van der Waals surface area contributed by atoms with Gasteiger partial charge in [-0.3, -0.25) is 9.78 Å². The van der Waals surface area contributed by atoms with E-state index >= 15 is 0 Å². The lowest BCUT2D eigenvalue weighted by molar-refractivity contribution is -0.137. The summed E-state index contributed by atoms with van der Waals surface area (Å²) in [6, 6.07) is 8.51. The molecule has 2 heterocycles. The van der Waals surface area contributed by atoms with Crippen molar-refractivity contribution in [3.8, 4) is 0 Å². The van der Waals surface area contributed by atoms with E-state index in [0.717, 1.165) is 17.6 Å². The number of pyridine rings is 1. The van der Waals surface area contributed by atoms with Gasteiger partial charge >= 0.3 is 13.3 Å². The number of carbonyl (C=O) groups excluding carboxylic acids is 1. The van der Waals surface area contributed by atoms with E-state index in [9.17, 15) is 18.0 Å². The van der Waals surface area contributed by atoms with E-state index in [1.54, 1.807) is 24.3 Å². The number of nitrogens with zero attached hydrogens (tertiary/aromatic N) is 1. The Balaban J connectivity index is 1.77. The molecule has 1 aromatic carbocycles. The van der Waals surface area contributed by atoms with Crippen LogP contribution in [-0.4, -0.2) is 29.1 Å². The first-order valence-electron chi connectivity index (χ1n) is 8.44. The van der Waals surface area contributed by atoms with Gasteiger partial charge in [-0.05, 0) is 45.3 Å². The molecule has 3 rings (SSSR count). The highest BCUT2D eigenvalue weighted by Crippen LogP contribution is 2.36. The standard InChI is InChI=1S/C19H19BF3NO3/c1-17(2)18(3,4)27-20(26-17)14-8-5-12(6-9-14)16(25)15-10-7-13(11-24-15)19(21,22)23/h5-11H,1-4H3. The molecule has 8 heteroatoms. The van der Waals surface area contributed by atoms with Crippen LogP contribution in [0.5, 0.6) is 0 Å². The smallest absolute Gasteiger partial charge is 0.399 e. The molecule has 0 saturated carbocycles. The summed E-state index contributed by atoms with van der Waals surface area (Å²) in [5.74, 6) is -0.454. The third-order valence-corrected chi connectivity index (χ3v) is 5.02. The summed E-state index contributed by atoms with van der Waals surface area (Å²) in [5.41, 5.74) is -0.818. The van der Waals surface area contributed by atoms with E-state index in [-0.39, 0.29) is 5.69 Å². The third kappa shape index (κ3) is 3.77. The van der Waals surface area contributed by atoms with Gasteiger partial charge in [0.15, 0.2) is 0 Å². The molecule has 1 aliphatic rings. The predicted octanol–water partition coefficient (Wildman–Crippen LogP) is 3.63. The first-order chi connectivity index (χ1) is 12.4. The van der Waals surface area contributed by atoms with Crippen LogP contribution in [0.25, 0.3) is 0 Å². The van der Waals surface area contributed by atoms with Gasteiger partial charge in [0.2, 0.25) is 5.78 Å². The van der Waals surface area contributed by atoms with E-state index in [2.05, 4.69) is 4.98 Å². The molecule has 27 heavy (non-hydrogen) atoms. The van der Waals surface area contributed by atoms with E-state index in [0.29, 0.717) is 11.8 Å². The Morgan fingerprint density at radius 1 is 0.963 bits per heavy atom. The van der Waals surface area contributed by atoms with Crippen LogP contribution in [0.15, 0.2) is 42.6 Å². The SMILES string of the molecule is CC1(C)OB(c2ccc(C(=O)c3ccc(C(F)(F)F)cn3)cc2)OC1(C)C. The Morgan fingerprint density at radius 3 is 1.96 bits per heavy atom. The Hall–Kier alpha value is -2.19. The fraction of sp³-hybridized carbons (Fsp3) is 0.368. The van der Waals surface area contributed by atoms with Crippen LogP contribution in [-0.2, 0) is 15.5 Å². The second-order valence-electron chi connectivity index (χ2n) is 7.47. The highest BCUT2D eigenvalue weighted by molar-refractivity contribution is 6.62. The number of rotatable bonds is 3. The maximum absolute atomic E-state index is 12.6. The lowest BCUT2D eigenvalue weighted by atomic mass is 9.78. The van der Waals surface area contributed by atoms with Crippen molar-refractivity contribution < 1.29 is 27.3 Å². The zero-order valence-corrected chi connectivity index (χ0v) is 15.4. The fourth-order valence-electron chi connectivity index (χ4n) is 2.61. The monoisotopic (exact) mass is 377 g/mol. The second-order valence-corrected chi connectivity index (χ2v) is 7.47. The first-order valence-corrected chi connectivity index (χ1v) is 8.44. The molecule has 1 fully saturated rings. The van der Waals surface area contributed by atoms with E-state index in [1.165, 1.54) is 0 Å². The molecule has 2 aromatic rings. The maximum Gasteiger partial charge on any atom is 0.494 e. The molecular formula is C19H19BF3NO3. The molecule has 1 saturated heterocycles. The molecule has 142 valence electrons. The van der Waals surface area contributed by atoms with Gasteiger partial charge in [-0.15, -0.1) is 0 Å². The van der Waals surface area contributed by atoms with Crippen LogP contribution in [0, 0.1) is 0 Å². The van der Waals surface area contributed by atoms with E-state index in [1.807, 2.05) is 27.7 Å². The van der Waals surface area contributed by atoms with Crippen molar-refractivity contribution in [3.63, 3.8) is 0 Å². The summed E-state index contributed by atoms with van der Waals surface area (Å²) < 4.78 is 49.7. The van der Waals surface area contributed by atoms with Crippen molar-refractivity contribution in [2.75, 3.05) is 0 Å². The zero-order chi connectivity index (χ0) is 20.0. The summed E-state index contributed by atoms with van der Waals surface area (Å²) in [6.07, 6.45) is -3.83. The fourth-order valence-corrected chi connectivity index (χ4v) is 2.61. The van der Waals surface area contributed by atoms with Gasteiger partial charge in [0, 0.05) is 11.8 Å².